The van der Waals surface area contributed by atoms with Gasteiger partial charge in [0.2, 0.25) is 0 Å². The lowest BCUT2D eigenvalue weighted by Gasteiger charge is -2.02. The highest BCUT2D eigenvalue weighted by molar-refractivity contribution is 9.10. The van der Waals surface area contributed by atoms with E-state index in [1.807, 2.05) is 6.92 Å². The van der Waals surface area contributed by atoms with E-state index in [-0.39, 0.29) is 12.2 Å². The van der Waals surface area contributed by atoms with Crippen molar-refractivity contribution in [3.05, 3.63) is 33.8 Å². The molecule has 0 aliphatic carbocycles. The summed E-state index contributed by atoms with van der Waals surface area (Å²) in [6.45, 7) is 1.89. The maximum atomic E-state index is 11.6. The Morgan fingerprint density at radius 3 is 2.60 bits per heavy atom. The second-order valence-corrected chi connectivity index (χ2v) is 3.99. The largest absolute Gasteiger partial charge is 0.469 e. The average molecular weight is 271 g/mol. The van der Waals surface area contributed by atoms with Gasteiger partial charge in [0, 0.05) is 10.0 Å². The summed E-state index contributed by atoms with van der Waals surface area (Å²) < 4.78 is 5.37. The zero-order valence-corrected chi connectivity index (χ0v) is 10.1. The Balaban J connectivity index is 2.83. The molecule has 0 spiro atoms. The summed E-state index contributed by atoms with van der Waals surface area (Å²) in [4.78, 5) is 22.5. The molecule has 1 rings (SSSR count). The van der Waals surface area contributed by atoms with E-state index in [4.69, 9.17) is 0 Å². The van der Waals surface area contributed by atoms with Gasteiger partial charge in [-0.3, -0.25) is 9.59 Å². The maximum absolute atomic E-state index is 11.6. The number of rotatable bonds is 3. The Labute approximate surface area is 96.6 Å². The van der Waals surface area contributed by atoms with Gasteiger partial charge in [-0.05, 0) is 24.6 Å². The second kappa shape index (κ2) is 5.07. The van der Waals surface area contributed by atoms with E-state index in [0.717, 1.165) is 10.0 Å². The Kier molecular flexibility index (Phi) is 4.03. The van der Waals surface area contributed by atoms with Crippen molar-refractivity contribution >= 4 is 27.7 Å². The van der Waals surface area contributed by atoms with Gasteiger partial charge in [0.05, 0.1) is 7.11 Å². The van der Waals surface area contributed by atoms with Crippen molar-refractivity contribution in [3.63, 3.8) is 0 Å². The molecule has 0 aliphatic heterocycles. The number of ether oxygens (including phenoxy) is 1. The molecule has 3 nitrogen and oxygen atoms in total. The predicted molar refractivity (Wildman–Crippen MR) is 59.8 cm³/mol. The third-order valence-corrected chi connectivity index (χ3v) is 2.90. The van der Waals surface area contributed by atoms with Crippen LogP contribution in [0.15, 0.2) is 22.7 Å². The fraction of sp³-hybridized carbons (Fsp3) is 0.273. The number of carbonyl (C=O) groups is 2. The minimum Gasteiger partial charge on any atom is -0.469 e. The van der Waals surface area contributed by atoms with Gasteiger partial charge in [0.25, 0.3) is 0 Å². The molecule has 0 N–H and O–H groups in total. The molecule has 80 valence electrons. The SMILES string of the molecule is COC(=O)CC(=O)c1ccc(Br)c(C)c1. The lowest BCUT2D eigenvalue weighted by atomic mass is 10.1. The van der Waals surface area contributed by atoms with Crippen molar-refractivity contribution in [2.24, 2.45) is 0 Å². The van der Waals surface area contributed by atoms with Gasteiger partial charge >= 0.3 is 5.97 Å². The fourth-order valence-electron chi connectivity index (χ4n) is 1.12. The van der Waals surface area contributed by atoms with Gasteiger partial charge in [-0.2, -0.15) is 0 Å². The summed E-state index contributed by atoms with van der Waals surface area (Å²) in [6, 6.07) is 5.22. The molecule has 0 unspecified atom stereocenters. The Bertz CT molecular complexity index is 399. The average Bonchev–Trinajstić information content (AvgIpc) is 2.21. The first-order valence-corrected chi connectivity index (χ1v) is 5.20. The molecule has 1 aromatic carbocycles. The molecule has 0 radical (unpaired) electrons. The van der Waals surface area contributed by atoms with Crippen molar-refractivity contribution in [2.45, 2.75) is 13.3 Å². The Morgan fingerprint density at radius 2 is 2.07 bits per heavy atom. The summed E-state index contributed by atoms with van der Waals surface area (Å²) in [5.41, 5.74) is 1.49. The molecular formula is C11H11BrO3. The van der Waals surface area contributed by atoms with Crippen LogP contribution >= 0.6 is 15.9 Å². The number of ketones is 1. The number of methoxy groups -OCH3 is 1. The summed E-state index contributed by atoms with van der Waals surface area (Å²) in [6.07, 6.45) is -0.211. The van der Waals surface area contributed by atoms with Crippen molar-refractivity contribution in [2.75, 3.05) is 7.11 Å². The third-order valence-electron chi connectivity index (χ3n) is 2.01. The van der Waals surface area contributed by atoms with Crippen LogP contribution in [0, 0.1) is 6.92 Å². The van der Waals surface area contributed by atoms with E-state index in [1.54, 1.807) is 18.2 Å². The van der Waals surface area contributed by atoms with Gasteiger partial charge in [-0.1, -0.05) is 22.0 Å². The number of Topliss-reactive ketones (excluding diaryl/α,β-unsaturated/α-hetero) is 1. The van der Waals surface area contributed by atoms with Gasteiger partial charge in [-0.25, -0.2) is 0 Å². The molecule has 0 amide bonds. The molecule has 0 atom stereocenters. The number of hydrogen-bond donors (Lipinski definition) is 0. The standard InChI is InChI=1S/C11H11BrO3/c1-7-5-8(3-4-9(7)12)10(13)6-11(14)15-2/h3-5H,6H2,1-2H3. The molecule has 15 heavy (non-hydrogen) atoms. The van der Waals surface area contributed by atoms with Crippen LogP contribution in [0.3, 0.4) is 0 Å². The number of halogens is 1. The first-order chi connectivity index (χ1) is 7.04. The number of aryl methyl sites for hydroxylation is 1. The van der Waals surface area contributed by atoms with Crippen LogP contribution in [0.4, 0.5) is 0 Å². The van der Waals surface area contributed by atoms with E-state index in [0.29, 0.717) is 5.56 Å². The number of esters is 1. The molecule has 0 aromatic heterocycles. The van der Waals surface area contributed by atoms with Gasteiger partial charge in [0.1, 0.15) is 6.42 Å². The predicted octanol–water partition coefficient (Wildman–Crippen LogP) is 2.50. The molecule has 0 saturated carbocycles. The van der Waals surface area contributed by atoms with Crippen LogP contribution in [0.1, 0.15) is 22.3 Å². The molecule has 4 heteroatoms. The smallest absolute Gasteiger partial charge is 0.313 e. The van der Waals surface area contributed by atoms with E-state index < -0.39 is 5.97 Å². The third kappa shape index (κ3) is 3.16. The van der Waals surface area contributed by atoms with Crippen LogP contribution in [0.2, 0.25) is 0 Å². The normalized spacial score (nSPS) is 9.80. The minimum absolute atomic E-state index is 0.211. The minimum atomic E-state index is -0.513. The number of benzene rings is 1. The van der Waals surface area contributed by atoms with E-state index in [1.165, 1.54) is 7.11 Å². The van der Waals surface area contributed by atoms with Crippen LogP contribution in [-0.4, -0.2) is 18.9 Å². The summed E-state index contributed by atoms with van der Waals surface area (Å²) in [5, 5.41) is 0. The molecule has 0 saturated heterocycles. The summed E-state index contributed by atoms with van der Waals surface area (Å²) >= 11 is 3.34. The van der Waals surface area contributed by atoms with E-state index in [2.05, 4.69) is 20.7 Å². The zero-order valence-electron chi connectivity index (χ0n) is 8.54. The first-order valence-electron chi connectivity index (χ1n) is 4.40. The van der Waals surface area contributed by atoms with Crippen LogP contribution < -0.4 is 0 Å². The van der Waals surface area contributed by atoms with Gasteiger partial charge < -0.3 is 4.74 Å². The van der Waals surface area contributed by atoms with Crippen LogP contribution in [0.5, 0.6) is 0 Å². The lowest BCUT2D eigenvalue weighted by molar-refractivity contribution is -0.139. The zero-order chi connectivity index (χ0) is 11.4. The Morgan fingerprint density at radius 1 is 1.40 bits per heavy atom. The highest BCUT2D eigenvalue weighted by atomic mass is 79.9. The number of hydrogen-bond acceptors (Lipinski definition) is 3. The molecule has 1 aromatic rings. The first kappa shape index (κ1) is 11.9. The van der Waals surface area contributed by atoms with E-state index >= 15 is 0 Å². The topological polar surface area (TPSA) is 43.4 Å². The summed E-state index contributed by atoms with van der Waals surface area (Å²) in [5.74, 6) is -0.738. The van der Waals surface area contributed by atoms with Gasteiger partial charge in [-0.15, -0.1) is 0 Å². The Hall–Kier alpha value is -1.16. The highest BCUT2D eigenvalue weighted by Gasteiger charge is 2.12. The fourth-order valence-corrected chi connectivity index (χ4v) is 1.37. The summed E-state index contributed by atoms with van der Waals surface area (Å²) in [7, 11) is 1.27. The van der Waals surface area contributed by atoms with Crippen LogP contribution in [-0.2, 0) is 9.53 Å². The number of carbonyl (C=O) groups excluding carboxylic acids is 2. The van der Waals surface area contributed by atoms with E-state index in [9.17, 15) is 9.59 Å². The molecule has 0 fully saturated rings. The highest BCUT2D eigenvalue weighted by Crippen LogP contribution is 2.18. The molecular weight excluding hydrogens is 260 g/mol. The van der Waals surface area contributed by atoms with Crippen molar-refractivity contribution in [1.29, 1.82) is 0 Å². The molecule has 0 bridgehead atoms. The molecule has 0 heterocycles. The quantitative estimate of drug-likeness (QED) is 0.482. The maximum Gasteiger partial charge on any atom is 0.313 e. The van der Waals surface area contributed by atoms with Gasteiger partial charge in [0.15, 0.2) is 5.78 Å². The van der Waals surface area contributed by atoms with Crippen molar-refractivity contribution < 1.29 is 14.3 Å². The van der Waals surface area contributed by atoms with Crippen LogP contribution in [0.25, 0.3) is 0 Å². The lowest BCUT2D eigenvalue weighted by Crippen LogP contribution is -2.09. The van der Waals surface area contributed by atoms with Crippen molar-refractivity contribution in [3.8, 4) is 0 Å². The monoisotopic (exact) mass is 270 g/mol. The van der Waals surface area contributed by atoms with Crippen molar-refractivity contribution in [1.82, 2.24) is 0 Å². The second-order valence-electron chi connectivity index (χ2n) is 3.14. The molecule has 0 aliphatic rings.